The number of rotatable bonds is 3. The molecule has 1 heterocycles. The first-order valence-corrected chi connectivity index (χ1v) is 5.86. The average molecular weight is 251 g/mol. The van der Waals surface area contributed by atoms with Crippen LogP contribution in [0.5, 0.6) is 0 Å². The lowest BCUT2D eigenvalue weighted by Crippen LogP contribution is -2.29. The van der Waals surface area contributed by atoms with E-state index in [0.29, 0.717) is 25.2 Å². The molecule has 1 saturated heterocycles. The summed E-state index contributed by atoms with van der Waals surface area (Å²) in [4.78, 5) is 12.4. The first-order chi connectivity index (χ1) is 8.41. The second-order valence-electron chi connectivity index (χ2n) is 4.91. The van der Waals surface area contributed by atoms with Crippen molar-refractivity contribution in [2.24, 2.45) is 0 Å². The lowest BCUT2D eigenvalue weighted by molar-refractivity contribution is -0.384. The number of anilines is 2. The Hall–Kier alpha value is -1.82. The van der Waals surface area contributed by atoms with E-state index in [1.54, 1.807) is 20.0 Å². The number of aliphatic hydroxyl groups is 1. The van der Waals surface area contributed by atoms with E-state index < -0.39 is 10.5 Å². The van der Waals surface area contributed by atoms with Crippen molar-refractivity contribution in [3.05, 3.63) is 28.3 Å². The quantitative estimate of drug-likeness (QED) is 0.630. The Balaban J connectivity index is 2.33. The number of nitro benzene ring substituents is 1. The molecule has 2 N–H and O–H groups in total. The number of nitrogens with zero attached hydrogens (tertiary/aromatic N) is 2. The van der Waals surface area contributed by atoms with E-state index in [4.69, 9.17) is 0 Å². The maximum atomic E-state index is 10.9. The summed E-state index contributed by atoms with van der Waals surface area (Å²) in [5.41, 5.74) is 0.810. The number of nitrogens with one attached hydrogen (secondary N) is 1. The van der Waals surface area contributed by atoms with Crippen LogP contribution in [0.3, 0.4) is 0 Å². The summed E-state index contributed by atoms with van der Waals surface area (Å²) in [6.07, 6.45) is 0.671. The topological polar surface area (TPSA) is 78.6 Å². The van der Waals surface area contributed by atoms with Crippen LogP contribution in [0.15, 0.2) is 18.2 Å². The smallest absolute Gasteiger partial charge is 0.273 e. The zero-order chi connectivity index (χ0) is 13.3. The molecule has 1 aromatic carbocycles. The van der Waals surface area contributed by atoms with Gasteiger partial charge in [-0.2, -0.15) is 0 Å². The molecule has 0 aliphatic carbocycles. The van der Waals surface area contributed by atoms with Crippen molar-refractivity contribution >= 4 is 17.1 Å². The minimum absolute atomic E-state index is 0.0587. The Morgan fingerprint density at radius 3 is 2.72 bits per heavy atom. The Labute approximate surface area is 105 Å². The molecule has 6 heteroatoms. The first-order valence-electron chi connectivity index (χ1n) is 5.86. The predicted octanol–water partition coefficient (Wildman–Crippen LogP) is 1.60. The van der Waals surface area contributed by atoms with Gasteiger partial charge in [-0.05, 0) is 19.4 Å². The molecule has 0 radical (unpaired) electrons. The number of benzene rings is 1. The third-order valence-electron chi connectivity index (χ3n) is 3.22. The van der Waals surface area contributed by atoms with Gasteiger partial charge in [-0.3, -0.25) is 10.1 Å². The fourth-order valence-corrected chi connectivity index (χ4v) is 2.19. The van der Waals surface area contributed by atoms with Crippen LogP contribution >= 0.6 is 0 Å². The minimum Gasteiger partial charge on any atom is -0.388 e. The zero-order valence-electron chi connectivity index (χ0n) is 10.5. The molecule has 18 heavy (non-hydrogen) atoms. The standard InChI is InChI=1S/C12H17N3O3/c1-12(16)3-4-14(8-12)10-5-9(13-2)6-11(7-10)15(17)18/h5-7,13,16H,3-4,8H2,1-2H3. The zero-order valence-corrected chi connectivity index (χ0v) is 10.5. The van der Waals surface area contributed by atoms with Crippen molar-refractivity contribution in [3.8, 4) is 0 Å². The van der Waals surface area contributed by atoms with Crippen LogP contribution in [0.2, 0.25) is 0 Å². The van der Waals surface area contributed by atoms with Crippen molar-refractivity contribution in [2.45, 2.75) is 18.9 Å². The highest BCUT2D eigenvalue weighted by molar-refractivity contribution is 5.64. The highest BCUT2D eigenvalue weighted by Gasteiger charge is 2.32. The van der Waals surface area contributed by atoms with Crippen LogP contribution in [0.25, 0.3) is 0 Å². The maximum absolute atomic E-state index is 10.9. The van der Waals surface area contributed by atoms with E-state index in [-0.39, 0.29) is 5.69 Å². The predicted molar refractivity (Wildman–Crippen MR) is 70.1 cm³/mol. The van der Waals surface area contributed by atoms with Crippen LogP contribution in [0, 0.1) is 10.1 Å². The van der Waals surface area contributed by atoms with Gasteiger partial charge in [0.05, 0.1) is 10.5 Å². The highest BCUT2D eigenvalue weighted by atomic mass is 16.6. The van der Waals surface area contributed by atoms with Crippen molar-refractivity contribution in [1.29, 1.82) is 0 Å². The van der Waals surface area contributed by atoms with Crippen LogP contribution in [-0.4, -0.2) is 35.8 Å². The molecule has 6 nitrogen and oxygen atoms in total. The Morgan fingerprint density at radius 2 is 2.22 bits per heavy atom. The molecule has 1 aliphatic heterocycles. The lowest BCUT2D eigenvalue weighted by atomic mass is 10.1. The van der Waals surface area contributed by atoms with Gasteiger partial charge in [0.15, 0.2) is 0 Å². The number of hydrogen-bond acceptors (Lipinski definition) is 5. The van der Waals surface area contributed by atoms with Crippen molar-refractivity contribution in [2.75, 3.05) is 30.4 Å². The second kappa shape index (κ2) is 4.45. The molecule has 1 aliphatic rings. The first kappa shape index (κ1) is 12.6. The number of β-amino-alcohol motifs (C(OH)–C–C–N with tert-alkyl or cyclic N) is 1. The number of non-ortho nitro benzene ring substituents is 1. The van der Waals surface area contributed by atoms with Crippen LogP contribution in [0.1, 0.15) is 13.3 Å². The van der Waals surface area contributed by atoms with Crippen LogP contribution < -0.4 is 10.2 Å². The fraction of sp³-hybridized carbons (Fsp3) is 0.500. The number of hydrogen-bond donors (Lipinski definition) is 2. The van der Waals surface area contributed by atoms with Gasteiger partial charge in [0.2, 0.25) is 0 Å². The molecular weight excluding hydrogens is 234 g/mol. The molecule has 1 unspecified atom stereocenters. The summed E-state index contributed by atoms with van der Waals surface area (Å²) >= 11 is 0. The van der Waals surface area contributed by atoms with E-state index in [1.165, 1.54) is 6.07 Å². The molecule has 0 amide bonds. The molecule has 0 aromatic heterocycles. The molecule has 0 bridgehead atoms. The summed E-state index contributed by atoms with van der Waals surface area (Å²) in [6, 6.07) is 4.90. The normalized spacial score (nSPS) is 23.2. The third kappa shape index (κ3) is 2.53. The fourth-order valence-electron chi connectivity index (χ4n) is 2.19. The van der Waals surface area contributed by atoms with Gasteiger partial charge in [-0.1, -0.05) is 0 Å². The van der Waals surface area contributed by atoms with Gasteiger partial charge in [-0.15, -0.1) is 0 Å². The second-order valence-corrected chi connectivity index (χ2v) is 4.91. The van der Waals surface area contributed by atoms with Gasteiger partial charge in [0, 0.05) is 43.6 Å². The van der Waals surface area contributed by atoms with Gasteiger partial charge >= 0.3 is 0 Å². The summed E-state index contributed by atoms with van der Waals surface area (Å²) in [6.45, 7) is 2.98. The van der Waals surface area contributed by atoms with Gasteiger partial charge in [0.1, 0.15) is 0 Å². The SMILES string of the molecule is CNc1cc(N2CCC(C)(O)C2)cc([N+](=O)[O-])c1. The monoisotopic (exact) mass is 251 g/mol. The molecule has 0 spiro atoms. The Bertz CT molecular complexity index is 474. The van der Waals surface area contributed by atoms with Crippen molar-refractivity contribution in [1.82, 2.24) is 0 Å². The Kier molecular flexibility index (Phi) is 3.13. The molecule has 98 valence electrons. The number of nitro groups is 1. The van der Waals surface area contributed by atoms with E-state index in [1.807, 2.05) is 11.0 Å². The minimum atomic E-state index is -0.718. The van der Waals surface area contributed by atoms with Crippen LogP contribution in [0.4, 0.5) is 17.1 Å². The molecule has 1 fully saturated rings. The van der Waals surface area contributed by atoms with Crippen LogP contribution in [-0.2, 0) is 0 Å². The lowest BCUT2D eigenvalue weighted by Gasteiger charge is -2.21. The average Bonchev–Trinajstić information content (AvgIpc) is 2.69. The summed E-state index contributed by atoms with van der Waals surface area (Å²) in [5, 5.41) is 23.7. The Morgan fingerprint density at radius 1 is 1.50 bits per heavy atom. The third-order valence-corrected chi connectivity index (χ3v) is 3.22. The largest absolute Gasteiger partial charge is 0.388 e. The molecule has 0 saturated carbocycles. The molecule has 1 atom stereocenters. The van der Waals surface area contributed by atoms with Gasteiger partial charge < -0.3 is 15.3 Å². The van der Waals surface area contributed by atoms with Crippen molar-refractivity contribution in [3.63, 3.8) is 0 Å². The van der Waals surface area contributed by atoms with E-state index in [9.17, 15) is 15.2 Å². The molecular formula is C12H17N3O3. The highest BCUT2D eigenvalue weighted by Crippen LogP contribution is 2.31. The molecule has 2 rings (SSSR count). The van der Waals surface area contributed by atoms with E-state index in [2.05, 4.69) is 5.32 Å². The summed E-state index contributed by atoms with van der Waals surface area (Å²) < 4.78 is 0. The van der Waals surface area contributed by atoms with Crippen molar-refractivity contribution < 1.29 is 10.0 Å². The van der Waals surface area contributed by atoms with Gasteiger partial charge in [0.25, 0.3) is 5.69 Å². The summed E-state index contributed by atoms with van der Waals surface area (Å²) in [5.74, 6) is 0. The van der Waals surface area contributed by atoms with E-state index in [0.717, 1.165) is 5.69 Å². The van der Waals surface area contributed by atoms with Gasteiger partial charge in [-0.25, -0.2) is 0 Å². The maximum Gasteiger partial charge on any atom is 0.273 e. The molecule has 1 aromatic rings. The summed E-state index contributed by atoms with van der Waals surface area (Å²) in [7, 11) is 1.73. The van der Waals surface area contributed by atoms with E-state index >= 15 is 0 Å².